The lowest BCUT2D eigenvalue weighted by atomic mass is 9.99. The average molecular weight is 910 g/mol. The zero-order chi connectivity index (χ0) is 46.6. The molecule has 0 aromatic rings. The van der Waals surface area contributed by atoms with Crippen molar-refractivity contribution in [1.82, 2.24) is 5.32 Å². The number of hydrogen-bond acceptors (Lipinski definition) is 8. The number of aliphatic hydroxyl groups is 5. The molecule has 1 saturated heterocycles. The SMILES string of the molecule is CCCCCCCCCCCCCCCCCCCCCCC/C=C/C(O)C(COC1OC(CO)C(O)C(O)C1O)NC(=O)CCCCCCCCCCCCCCCCCCCC. The second-order valence-corrected chi connectivity index (χ2v) is 19.7. The molecule has 1 rings (SSSR count). The number of rotatable bonds is 48. The monoisotopic (exact) mass is 910 g/mol. The Bertz CT molecular complexity index is 1010. The minimum Gasteiger partial charge on any atom is -0.394 e. The zero-order valence-corrected chi connectivity index (χ0v) is 42.1. The highest BCUT2D eigenvalue weighted by Crippen LogP contribution is 2.23. The van der Waals surface area contributed by atoms with E-state index >= 15 is 0 Å². The molecule has 0 saturated carbocycles. The van der Waals surface area contributed by atoms with Gasteiger partial charge < -0.3 is 40.3 Å². The predicted molar refractivity (Wildman–Crippen MR) is 267 cm³/mol. The highest BCUT2D eigenvalue weighted by Gasteiger charge is 2.44. The number of allylic oxidation sites excluding steroid dienone is 1. The Labute approximate surface area is 395 Å². The first-order chi connectivity index (χ1) is 31.3. The fourth-order valence-electron chi connectivity index (χ4n) is 9.16. The van der Waals surface area contributed by atoms with E-state index in [0.717, 1.165) is 38.5 Å². The summed E-state index contributed by atoms with van der Waals surface area (Å²) in [5.41, 5.74) is 0. The maximum absolute atomic E-state index is 13.0. The number of aliphatic hydroxyl groups excluding tert-OH is 5. The van der Waals surface area contributed by atoms with Crippen LogP contribution in [-0.4, -0.2) is 87.5 Å². The number of ether oxygens (including phenoxy) is 2. The van der Waals surface area contributed by atoms with Gasteiger partial charge in [-0.3, -0.25) is 4.79 Å². The third-order valence-electron chi connectivity index (χ3n) is 13.6. The number of amides is 1. The van der Waals surface area contributed by atoms with Crippen molar-refractivity contribution in [2.24, 2.45) is 0 Å². The first kappa shape index (κ1) is 60.9. The molecule has 9 heteroatoms. The van der Waals surface area contributed by atoms with Gasteiger partial charge in [-0.2, -0.15) is 0 Å². The molecule has 0 spiro atoms. The van der Waals surface area contributed by atoms with Gasteiger partial charge in [-0.05, 0) is 19.3 Å². The molecule has 7 unspecified atom stereocenters. The van der Waals surface area contributed by atoms with Gasteiger partial charge in [0.25, 0.3) is 0 Å². The molecule has 0 bridgehead atoms. The molecule has 64 heavy (non-hydrogen) atoms. The van der Waals surface area contributed by atoms with Gasteiger partial charge in [0, 0.05) is 6.42 Å². The summed E-state index contributed by atoms with van der Waals surface area (Å²) in [6.07, 6.45) is 48.4. The summed E-state index contributed by atoms with van der Waals surface area (Å²) in [5.74, 6) is -0.171. The first-order valence-corrected chi connectivity index (χ1v) is 27.9. The second kappa shape index (κ2) is 45.7. The third-order valence-corrected chi connectivity index (χ3v) is 13.6. The van der Waals surface area contributed by atoms with Crippen molar-refractivity contribution in [3.8, 4) is 0 Å². The molecule has 1 aliphatic rings. The van der Waals surface area contributed by atoms with Crippen LogP contribution in [0.15, 0.2) is 12.2 Å². The minimum absolute atomic E-state index is 0.171. The van der Waals surface area contributed by atoms with Gasteiger partial charge in [-0.25, -0.2) is 0 Å². The van der Waals surface area contributed by atoms with Crippen LogP contribution in [0.1, 0.15) is 277 Å². The van der Waals surface area contributed by atoms with Crippen LogP contribution in [0.2, 0.25) is 0 Å². The number of carbonyl (C=O) groups excluding carboxylic acids is 1. The molecule has 1 amide bonds. The first-order valence-electron chi connectivity index (χ1n) is 27.9. The lowest BCUT2D eigenvalue weighted by Crippen LogP contribution is -2.60. The summed E-state index contributed by atoms with van der Waals surface area (Å²) >= 11 is 0. The van der Waals surface area contributed by atoms with Gasteiger partial charge >= 0.3 is 0 Å². The number of hydrogen-bond donors (Lipinski definition) is 6. The molecule has 0 aromatic heterocycles. The van der Waals surface area contributed by atoms with Crippen LogP contribution in [0.25, 0.3) is 0 Å². The van der Waals surface area contributed by atoms with E-state index < -0.39 is 49.5 Å². The molecular weight excluding hydrogens is 803 g/mol. The van der Waals surface area contributed by atoms with Crippen molar-refractivity contribution in [3.05, 3.63) is 12.2 Å². The van der Waals surface area contributed by atoms with E-state index in [4.69, 9.17) is 9.47 Å². The fraction of sp³-hybridized carbons (Fsp3) is 0.945. The minimum atomic E-state index is -1.56. The normalized spacial score (nSPS) is 20.0. The van der Waals surface area contributed by atoms with Crippen LogP contribution in [-0.2, 0) is 14.3 Å². The summed E-state index contributed by atoms with van der Waals surface area (Å²) in [6.45, 7) is 3.82. The second-order valence-electron chi connectivity index (χ2n) is 19.7. The highest BCUT2D eigenvalue weighted by molar-refractivity contribution is 5.76. The molecule has 9 nitrogen and oxygen atoms in total. The van der Waals surface area contributed by atoms with Crippen LogP contribution in [0.4, 0.5) is 0 Å². The fourth-order valence-corrected chi connectivity index (χ4v) is 9.16. The Morgan fingerprint density at radius 3 is 1.22 bits per heavy atom. The number of unbranched alkanes of at least 4 members (excludes halogenated alkanes) is 38. The molecule has 0 radical (unpaired) electrons. The Balaban J connectivity index is 2.24. The maximum atomic E-state index is 13.0. The number of carbonyl (C=O) groups is 1. The van der Waals surface area contributed by atoms with E-state index in [0.29, 0.717) is 6.42 Å². The van der Waals surface area contributed by atoms with Gasteiger partial charge in [0.15, 0.2) is 6.29 Å². The van der Waals surface area contributed by atoms with E-state index in [2.05, 4.69) is 19.2 Å². The smallest absolute Gasteiger partial charge is 0.220 e. The van der Waals surface area contributed by atoms with Crippen LogP contribution < -0.4 is 5.32 Å². The standard InChI is InChI=1S/C55H107NO8/c1-3-5-7-9-11-13-15-17-19-21-23-24-25-26-27-28-30-32-34-36-38-40-42-44-49(58)48(47-63-55-54(62)53(61)52(60)50(46-57)64-55)56-51(59)45-43-41-39-37-35-33-31-29-22-20-18-16-14-12-10-8-6-4-2/h42,44,48-50,52-55,57-58,60-62H,3-41,43,45-47H2,1-2H3,(H,56,59)/b44-42+. The summed E-state index contributed by atoms with van der Waals surface area (Å²) in [5, 5.41) is 54.5. The van der Waals surface area contributed by atoms with E-state index in [-0.39, 0.29) is 12.5 Å². The molecule has 0 aliphatic carbocycles. The quantitative estimate of drug-likeness (QED) is 0.0261. The zero-order valence-electron chi connectivity index (χ0n) is 42.1. The summed E-state index contributed by atoms with van der Waals surface area (Å²) < 4.78 is 11.3. The van der Waals surface area contributed by atoms with E-state index in [1.165, 1.54) is 218 Å². The van der Waals surface area contributed by atoms with Crippen molar-refractivity contribution in [3.63, 3.8) is 0 Å². The molecule has 7 atom stereocenters. The van der Waals surface area contributed by atoms with E-state index in [9.17, 15) is 30.3 Å². The molecule has 1 fully saturated rings. The van der Waals surface area contributed by atoms with Crippen molar-refractivity contribution in [1.29, 1.82) is 0 Å². The Kier molecular flexibility index (Phi) is 43.5. The average Bonchev–Trinajstić information content (AvgIpc) is 3.29. The van der Waals surface area contributed by atoms with Crippen LogP contribution in [0.3, 0.4) is 0 Å². The molecular formula is C55H107NO8. The van der Waals surface area contributed by atoms with Gasteiger partial charge in [0.05, 0.1) is 25.4 Å². The molecule has 380 valence electrons. The van der Waals surface area contributed by atoms with Crippen molar-refractivity contribution < 1.29 is 39.8 Å². The molecule has 6 N–H and O–H groups in total. The third kappa shape index (κ3) is 35.1. The Morgan fingerprint density at radius 1 is 0.516 bits per heavy atom. The highest BCUT2D eigenvalue weighted by atomic mass is 16.7. The molecule has 0 aromatic carbocycles. The summed E-state index contributed by atoms with van der Waals surface area (Å²) in [7, 11) is 0. The summed E-state index contributed by atoms with van der Waals surface area (Å²) in [4.78, 5) is 13.0. The van der Waals surface area contributed by atoms with Crippen LogP contribution in [0, 0.1) is 0 Å². The van der Waals surface area contributed by atoms with Gasteiger partial charge in [-0.1, -0.05) is 264 Å². The van der Waals surface area contributed by atoms with Gasteiger partial charge in [0.1, 0.15) is 24.4 Å². The Morgan fingerprint density at radius 2 is 0.859 bits per heavy atom. The van der Waals surface area contributed by atoms with E-state index in [1.54, 1.807) is 6.08 Å². The van der Waals surface area contributed by atoms with Crippen LogP contribution in [0.5, 0.6) is 0 Å². The Hall–Kier alpha value is -1.07. The molecule has 1 aliphatic heterocycles. The lowest BCUT2D eigenvalue weighted by Gasteiger charge is -2.40. The van der Waals surface area contributed by atoms with Crippen molar-refractivity contribution >= 4 is 5.91 Å². The van der Waals surface area contributed by atoms with Crippen molar-refractivity contribution in [2.45, 2.75) is 320 Å². The summed E-state index contributed by atoms with van der Waals surface area (Å²) in [6, 6.07) is -0.800. The lowest BCUT2D eigenvalue weighted by molar-refractivity contribution is -0.302. The van der Waals surface area contributed by atoms with E-state index in [1.807, 2.05) is 6.08 Å². The largest absolute Gasteiger partial charge is 0.394 e. The van der Waals surface area contributed by atoms with Crippen LogP contribution >= 0.6 is 0 Å². The molecule has 1 heterocycles. The predicted octanol–water partition coefficient (Wildman–Crippen LogP) is 13.2. The van der Waals surface area contributed by atoms with Gasteiger partial charge in [-0.15, -0.1) is 0 Å². The van der Waals surface area contributed by atoms with Gasteiger partial charge in [0.2, 0.25) is 5.91 Å². The topological polar surface area (TPSA) is 149 Å². The van der Waals surface area contributed by atoms with Crippen molar-refractivity contribution in [2.75, 3.05) is 13.2 Å². The number of nitrogens with one attached hydrogen (secondary N) is 1. The maximum Gasteiger partial charge on any atom is 0.220 e.